The second kappa shape index (κ2) is 4.75. The normalized spacial score (nSPS) is 14.0. The molecule has 0 aromatic rings. The van der Waals surface area contributed by atoms with Gasteiger partial charge in [0.05, 0.1) is 11.3 Å². The Morgan fingerprint density at radius 1 is 1.42 bits per heavy atom. The van der Waals surface area contributed by atoms with Crippen LogP contribution in [0.25, 0.3) is 0 Å². The minimum Gasteiger partial charge on any atom is -0.387 e. The summed E-state index contributed by atoms with van der Waals surface area (Å²) in [6, 6.07) is 0. The van der Waals surface area contributed by atoms with Crippen LogP contribution in [-0.4, -0.2) is 22.4 Å². The molecule has 3 heteroatoms. The van der Waals surface area contributed by atoms with Crippen LogP contribution in [-0.2, 0) is 0 Å². The molecule has 0 fully saturated rings. The van der Waals surface area contributed by atoms with Crippen molar-refractivity contribution in [1.29, 1.82) is 0 Å². The first kappa shape index (κ1) is 11.8. The number of nitrogens with zero attached hydrogens (tertiary/aromatic N) is 1. The molecule has 0 aromatic carbocycles. The SMILES string of the molecule is CC(C)SCC(N)=NC(C)(C)C. The first-order chi connectivity index (χ1) is 5.31. The quantitative estimate of drug-likeness (QED) is 0.545. The van der Waals surface area contributed by atoms with E-state index in [0.29, 0.717) is 5.25 Å². The molecule has 0 bridgehead atoms. The molecule has 0 aliphatic carbocycles. The van der Waals surface area contributed by atoms with Crippen LogP contribution in [0.1, 0.15) is 34.6 Å². The second-order valence-corrected chi connectivity index (χ2v) is 5.70. The number of thioether (sulfide) groups is 1. The van der Waals surface area contributed by atoms with Crippen LogP contribution in [0, 0.1) is 0 Å². The lowest BCUT2D eigenvalue weighted by Gasteiger charge is -2.13. The van der Waals surface area contributed by atoms with Crippen molar-refractivity contribution in [2.24, 2.45) is 10.7 Å². The van der Waals surface area contributed by atoms with E-state index in [1.807, 2.05) is 11.8 Å². The lowest BCUT2D eigenvalue weighted by Crippen LogP contribution is -2.22. The Balaban J connectivity index is 3.87. The van der Waals surface area contributed by atoms with Gasteiger partial charge in [-0.2, -0.15) is 11.8 Å². The minimum atomic E-state index is -0.0401. The molecule has 0 atom stereocenters. The van der Waals surface area contributed by atoms with Gasteiger partial charge in [-0.15, -0.1) is 0 Å². The molecule has 0 saturated carbocycles. The topological polar surface area (TPSA) is 38.4 Å². The third-order valence-corrected chi connectivity index (χ3v) is 2.17. The molecule has 0 spiro atoms. The summed E-state index contributed by atoms with van der Waals surface area (Å²) in [5, 5.41) is 0.624. The van der Waals surface area contributed by atoms with E-state index >= 15 is 0 Å². The molecule has 12 heavy (non-hydrogen) atoms. The summed E-state index contributed by atoms with van der Waals surface area (Å²) < 4.78 is 0. The van der Waals surface area contributed by atoms with Gasteiger partial charge in [-0.25, -0.2) is 0 Å². The molecular formula is C9H20N2S. The van der Waals surface area contributed by atoms with E-state index in [9.17, 15) is 0 Å². The van der Waals surface area contributed by atoms with Gasteiger partial charge in [0.1, 0.15) is 5.84 Å². The number of aliphatic imine (C=N–C) groups is 1. The van der Waals surface area contributed by atoms with E-state index < -0.39 is 0 Å². The highest BCUT2D eigenvalue weighted by Gasteiger charge is 2.08. The summed E-state index contributed by atoms with van der Waals surface area (Å²) in [6.45, 7) is 10.5. The van der Waals surface area contributed by atoms with Gasteiger partial charge in [0, 0.05) is 0 Å². The Morgan fingerprint density at radius 2 is 1.92 bits per heavy atom. The number of hydrogen-bond acceptors (Lipinski definition) is 2. The average molecular weight is 188 g/mol. The lowest BCUT2D eigenvalue weighted by atomic mass is 10.1. The maximum Gasteiger partial charge on any atom is 0.104 e. The van der Waals surface area contributed by atoms with Crippen molar-refractivity contribution in [3.8, 4) is 0 Å². The summed E-state index contributed by atoms with van der Waals surface area (Å²) in [4.78, 5) is 4.35. The summed E-state index contributed by atoms with van der Waals surface area (Å²) in [5.41, 5.74) is 5.70. The Kier molecular flexibility index (Phi) is 4.68. The van der Waals surface area contributed by atoms with Crippen LogP contribution in [0.3, 0.4) is 0 Å². The number of rotatable bonds is 3. The van der Waals surface area contributed by atoms with Crippen LogP contribution in [0.15, 0.2) is 4.99 Å². The van der Waals surface area contributed by atoms with E-state index in [-0.39, 0.29) is 5.54 Å². The number of amidine groups is 1. The zero-order valence-electron chi connectivity index (χ0n) is 8.72. The van der Waals surface area contributed by atoms with Gasteiger partial charge >= 0.3 is 0 Å². The summed E-state index contributed by atoms with van der Waals surface area (Å²) >= 11 is 1.82. The molecule has 0 aromatic heterocycles. The Bertz CT molecular complexity index is 156. The third-order valence-electron chi connectivity index (χ3n) is 1.04. The van der Waals surface area contributed by atoms with Gasteiger partial charge in [-0.05, 0) is 26.0 Å². The van der Waals surface area contributed by atoms with Crippen molar-refractivity contribution in [1.82, 2.24) is 0 Å². The van der Waals surface area contributed by atoms with Gasteiger partial charge in [-0.1, -0.05) is 13.8 Å². The molecule has 0 unspecified atom stereocenters. The molecule has 72 valence electrons. The van der Waals surface area contributed by atoms with Crippen molar-refractivity contribution in [3.63, 3.8) is 0 Å². The fourth-order valence-electron chi connectivity index (χ4n) is 0.715. The fourth-order valence-corrected chi connectivity index (χ4v) is 1.28. The monoisotopic (exact) mass is 188 g/mol. The highest BCUT2D eigenvalue weighted by Crippen LogP contribution is 2.11. The Hall–Kier alpha value is -0.180. The van der Waals surface area contributed by atoms with E-state index in [4.69, 9.17) is 5.73 Å². The number of nitrogens with two attached hydrogens (primary N) is 1. The van der Waals surface area contributed by atoms with Crippen molar-refractivity contribution < 1.29 is 0 Å². The highest BCUT2D eigenvalue weighted by molar-refractivity contribution is 8.00. The van der Waals surface area contributed by atoms with Gasteiger partial charge in [0.2, 0.25) is 0 Å². The summed E-state index contributed by atoms with van der Waals surface area (Å²) in [6.07, 6.45) is 0. The van der Waals surface area contributed by atoms with Crippen LogP contribution in [0.4, 0.5) is 0 Å². The molecule has 2 nitrogen and oxygen atoms in total. The molecule has 0 radical (unpaired) electrons. The van der Waals surface area contributed by atoms with Crippen molar-refractivity contribution in [2.45, 2.75) is 45.4 Å². The van der Waals surface area contributed by atoms with Crippen LogP contribution in [0.5, 0.6) is 0 Å². The maximum atomic E-state index is 5.74. The zero-order chi connectivity index (χ0) is 9.78. The third kappa shape index (κ3) is 7.92. The minimum absolute atomic E-state index is 0.0401. The molecule has 0 aliphatic heterocycles. The largest absolute Gasteiger partial charge is 0.387 e. The summed E-state index contributed by atoms with van der Waals surface area (Å²) in [5.74, 6) is 1.59. The van der Waals surface area contributed by atoms with E-state index in [0.717, 1.165) is 11.6 Å². The van der Waals surface area contributed by atoms with Crippen LogP contribution in [0.2, 0.25) is 0 Å². The molecule has 0 heterocycles. The maximum absolute atomic E-state index is 5.74. The fraction of sp³-hybridized carbons (Fsp3) is 0.889. The highest BCUT2D eigenvalue weighted by atomic mass is 32.2. The summed E-state index contributed by atoms with van der Waals surface area (Å²) in [7, 11) is 0. The molecular weight excluding hydrogens is 168 g/mol. The molecule has 0 amide bonds. The number of hydrogen-bond donors (Lipinski definition) is 1. The van der Waals surface area contributed by atoms with E-state index in [1.54, 1.807) is 0 Å². The smallest absolute Gasteiger partial charge is 0.104 e. The van der Waals surface area contributed by atoms with Crippen molar-refractivity contribution in [2.75, 3.05) is 5.75 Å². The van der Waals surface area contributed by atoms with Crippen LogP contribution < -0.4 is 5.73 Å². The molecule has 2 N–H and O–H groups in total. The van der Waals surface area contributed by atoms with Gasteiger partial charge in [-0.3, -0.25) is 4.99 Å². The zero-order valence-corrected chi connectivity index (χ0v) is 9.53. The standard InChI is InChI=1S/C9H20N2S/c1-7(2)12-6-8(10)11-9(3,4)5/h7H,6H2,1-5H3,(H2,10,11). The van der Waals surface area contributed by atoms with Gasteiger partial charge in [0.25, 0.3) is 0 Å². The molecule has 0 saturated heterocycles. The van der Waals surface area contributed by atoms with Crippen LogP contribution >= 0.6 is 11.8 Å². The predicted molar refractivity (Wildman–Crippen MR) is 59.0 cm³/mol. The van der Waals surface area contributed by atoms with E-state index in [2.05, 4.69) is 39.6 Å². The Morgan fingerprint density at radius 3 is 2.25 bits per heavy atom. The predicted octanol–water partition coefficient (Wildman–Crippen LogP) is 2.28. The van der Waals surface area contributed by atoms with Crippen molar-refractivity contribution in [3.05, 3.63) is 0 Å². The Labute approximate surface area is 80.0 Å². The molecule has 0 aliphatic rings. The first-order valence-electron chi connectivity index (χ1n) is 4.27. The second-order valence-electron chi connectivity index (χ2n) is 4.13. The van der Waals surface area contributed by atoms with Gasteiger partial charge in [0.15, 0.2) is 0 Å². The molecule has 0 rings (SSSR count). The first-order valence-corrected chi connectivity index (χ1v) is 5.32. The average Bonchev–Trinajstić information content (AvgIpc) is 1.79. The van der Waals surface area contributed by atoms with E-state index in [1.165, 1.54) is 0 Å². The lowest BCUT2D eigenvalue weighted by molar-refractivity contribution is 0.583. The van der Waals surface area contributed by atoms with Gasteiger partial charge < -0.3 is 5.73 Å². The van der Waals surface area contributed by atoms with Crippen molar-refractivity contribution >= 4 is 17.6 Å².